The predicted molar refractivity (Wildman–Crippen MR) is 102 cm³/mol. The van der Waals surface area contributed by atoms with Crippen LogP contribution in [0.1, 0.15) is 31.2 Å². The Morgan fingerprint density at radius 2 is 1.88 bits per heavy atom. The maximum Gasteiger partial charge on any atom is 0.207 e. The number of rotatable bonds is 14. The van der Waals surface area contributed by atoms with E-state index in [0.717, 1.165) is 32.7 Å². The molecule has 0 aliphatic carbocycles. The van der Waals surface area contributed by atoms with E-state index in [-0.39, 0.29) is 0 Å². The largest absolute Gasteiger partial charge is 0.375 e. The van der Waals surface area contributed by atoms with E-state index in [1.807, 2.05) is 18.2 Å². The zero-order chi connectivity index (χ0) is 17.6. The summed E-state index contributed by atoms with van der Waals surface area (Å²) in [7, 11) is 0. The minimum absolute atomic E-state index is 0.663. The van der Waals surface area contributed by atoms with Crippen LogP contribution in [0.25, 0.3) is 0 Å². The van der Waals surface area contributed by atoms with Gasteiger partial charge in [-0.25, -0.2) is 0 Å². The number of likely N-dealkylation sites (tertiary alicyclic amines) is 1. The summed E-state index contributed by atoms with van der Waals surface area (Å²) in [5, 5.41) is 2.76. The molecule has 5 heteroatoms. The standard InChI is InChI=1S/C20H33N3O2/c24-19-21-10-15-23(14-7-6-13-22-11-4-5-12-22)16-17-25-18-20-8-2-1-3-9-20/h1-3,8-9,19H,4-7,10-18H2,(H,21,24). The van der Waals surface area contributed by atoms with Crippen LogP contribution in [0.15, 0.2) is 30.3 Å². The molecule has 1 aliphatic heterocycles. The third-order valence-electron chi connectivity index (χ3n) is 4.72. The van der Waals surface area contributed by atoms with Crippen molar-refractivity contribution in [2.24, 2.45) is 0 Å². The second-order valence-electron chi connectivity index (χ2n) is 6.71. The first-order chi connectivity index (χ1) is 12.4. The summed E-state index contributed by atoms with van der Waals surface area (Å²) in [6.07, 6.45) is 5.96. The lowest BCUT2D eigenvalue weighted by Crippen LogP contribution is -2.35. The molecular weight excluding hydrogens is 314 g/mol. The topological polar surface area (TPSA) is 44.8 Å². The molecule has 5 nitrogen and oxygen atoms in total. The van der Waals surface area contributed by atoms with Crippen molar-refractivity contribution in [3.05, 3.63) is 35.9 Å². The zero-order valence-electron chi connectivity index (χ0n) is 15.4. The number of unbranched alkanes of at least 4 members (excludes halogenated alkanes) is 1. The van der Waals surface area contributed by atoms with Crippen molar-refractivity contribution in [2.75, 3.05) is 52.4 Å². The fourth-order valence-electron chi connectivity index (χ4n) is 3.25. The molecule has 25 heavy (non-hydrogen) atoms. The molecule has 1 fully saturated rings. The third-order valence-corrected chi connectivity index (χ3v) is 4.72. The van der Waals surface area contributed by atoms with Crippen LogP contribution in [0.5, 0.6) is 0 Å². The van der Waals surface area contributed by atoms with Crippen LogP contribution in [0.3, 0.4) is 0 Å². The van der Waals surface area contributed by atoms with Crippen LogP contribution in [0.2, 0.25) is 0 Å². The van der Waals surface area contributed by atoms with Gasteiger partial charge in [-0.3, -0.25) is 9.69 Å². The first-order valence-corrected chi connectivity index (χ1v) is 9.62. The van der Waals surface area contributed by atoms with E-state index in [0.29, 0.717) is 13.2 Å². The molecule has 1 aliphatic rings. The Labute approximate surface area is 152 Å². The average molecular weight is 348 g/mol. The molecule has 1 amide bonds. The maximum atomic E-state index is 10.5. The van der Waals surface area contributed by atoms with E-state index in [2.05, 4.69) is 27.2 Å². The smallest absolute Gasteiger partial charge is 0.207 e. The third kappa shape index (κ3) is 9.00. The number of ether oxygens (including phenoxy) is 1. The highest BCUT2D eigenvalue weighted by atomic mass is 16.5. The molecule has 1 N–H and O–H groups in total. The Balaban J connectivity index is 1.59. The number of nitrogens with one attached hydrogen (secondary N) is 1. The summed E-state index contributed by atoms with van der Waals surface area (Å²) in [6, 6.07) is 10.3. The Hall–Kier alpha value is -1.43. The lowest BCUT2D eigenvalue weighted by atomic mass is 10.2. The lowest BCUT2D eigenvalue weighted by molar-refractivity contribution is -0.109. The molecule has 140 valence electrons. The highest BCUT2D eigenvalue weighted by Crippen LogP contribution is 2.08. The molecule has 0 saturated carbocycles. The van der Waals surface area contributed by atoms with Crippen LogP contribution < -0.4 is 5.32 Å². The van der Waals surface area contributed by atoms with Gasteiger partial charge in [-0.2, -0.15) is 0 Å². The SMILES string of the molecule is O=CNCCN(CCCCN1CCCC1)CCOCc1ccccc1. The molecule has 1 aromatic carbocycles. The van der Waals surface area contributed by atoms with Gasteiger partial charge in [0.25, 0.3) is 0 Å². The van der Waals surface area contributed by atoms with Gasteiger partial charge in [0.05, 0.1) is 13.2 Å². The second kappa shape index (κ2) is 12.9. The number of nitrogens with zero attached hydrogens (tertiary/aromatic N) is 2. The van der Waals surface area contributed by atoms with Gasteiger partial charge >= 0.3 is 0 Å². The van der Waals surface area contributed by atoms with Crippen molar-refractivity contribution in [1.29, 1.82) is 0 Å². The summed E-state index contributed by atoms with van der Waals surface area (Å²) < 4.78 is 5.80. The molecule has 0 unspecified atom stereocenters. The molecule has 0 spiro atoms. The van der Waals surface area contributed by atoms with Gasteiger partial charge in [0, 0.05) is 19.6 Å². The summed E-state index contributed by atoms with van der Waals surface area (Å²) in [5.74, 6) is 0. The molecular formula is C20H33N3O2. The van der Waals surface area contributed by atoms with Gasteiger partial charge in [-0.15, -0.1) is 0 Å². The number of hydrogen-bond donors (Lipinski definition) is 1. The fraction of sp³-hybridized carbons (Fsp3) is 0.650. The van der Waals surface area contributed by atoms with Crippen molar-refractivity contribution in [2.45, 2.75) is 32.3 Å². The van der Waals surface area contributed by atoms with Crippen LogP contribution in [0.4, 0.5) is 0 Å². The van der Waals surface area contributed by atoms with Gasteiger partial charge < -0.3 is 15.0 Å². The predicted octanol–water partition coefficient (Wildman–Crippen LogP) is 2.13. The minimum atomic E-state index is 0.663. The van der Waals surface area contributed by atoms with Crippen molar-refractivity contribution < 1.29 is 9.53 Å². The van der Waals surface area contributed by atoms with Crippen molar-refractivity contribution in [3.8, 4) is 0 Å². The van der Waals surface area contributed by atoms with Gasteiger partial charge in [0.2, 0.25) is 6.41 Å². The average Bonchev–Trinajstić information content (AvgIpc) is 3.16. The molecule has 1 aromatic rings. The zero-order valence-corrected chi connectivity index (χ0v) is 15.4. The van der Waals surface area contributed by atoms with Gasteiger partial charge in [-0.1, -0.05) is 30.3 Å². The van der Waals surface area contributed by atoms with Gasteiger partial charge in [0.15, 0.2) is 0 Å². The van der Waals surface area contributed by atoms with Crippen LogP contribution >= 0.6 is 0 Å². The Morgan fingerprint density at radius 1 is 1.08 bits per heavy atom. The fourth-order valence-corrected chi connectivity index (χ4v) is 3.25. The number of benzene rings is 1. The van der Waals surface area contributed by atoms with Crippen LogP contribution in [-0.4, -0.2) is 68.6 Å². The molecule has 0 bridgehead atoms. The first-order valence-electron chi connectivity index (χ1n) is 9.62. The van der Waals surface area contributed by atoms with E-state index in [9.17, 15) is 4.79 Å². The van der Waals surface area contributed by atoms with E-state index < -0.39 is 0 Å². The Morgan fingerprint density at radius 3 is 2.64 bits per heavy atom. The van der Waals surface area contributed by atoms with Crippen LogP contribution in [-0.2, 0) is 16.1 Å². The summed E-state index contributed by atoms with van der Waals surface area (Å²) in [5.41, 5.74) is 1.21. The van der Waals surface area contributed by atoms with E-state index in [1.165, 1.54) is 50.9 Å². The number of carbonyl (C=O) groups excluding carboxylic acids is 1. The lowest BCUT2D eigenvalue weighted by Gasteiger charge is -2.23. The molecule has 1 saturated heterocycles. The monoisotopic (exact) mass is 347 g/mol. The van der Waals surface area contributed by atoms with Crippen molar-refractivity contribution in [1.82, 2.24) is 15.1 Å². The Kier molecular flexibility index (Phi) is 10.2. The molecule has 0 atom stereocenters. The van der Waals surface area contributed by atoms with Gasteiger partial charge in [-0.05, 0) is 57.4 Å². The summed E-state index contributed by atoms with van der Waals surface area (Å²) in [4.78, 5) is 15.4. The second-order valence-corrected chi connectivity index (χ2v) is 6.71. The van der Waals surface area contributed by atoms with Crippen molar-refractivity contribution in [3.63, 3.8) is 0 Å². The Bertz CT molecular complexity index is 450. The number of carbonyl (C=O) groups is 1. The van der Waals surface area contributed by atoms with Crippen LogP contribution in [0, 0.1) is 0 Å². The first kappa shape index (κ1) is 19.9. The molecule has 1 heterocycles. The molecule has 2 rings (SSSR count). The van der Waals surface area contributed by atoms with Crippen molar-refractivity contribution >= 4 is 6.41 Å². The van der Waals surface area contributed by atoms with E-state index in [1.54, 1.807) is 0 Å². The number of amides is 1. The van der Waals surface area contributed by atoms with E-state index >= 15 is 0 Å². The summed E-state index contributed by atoms with van der Waals surface area (Å²) in [6.45, 7) is 8.75. The van der Waals surface area contributed by atoms with Gasteiger partial charge in [0.1, 0.15) is 0 Å². The highest BCUT2D eigenvalue weighted by Gasteiger charge is 2.11. The quantitative estimate of drug-likeness (QED) is 0.414. The summed E-state index contributed by atoms with van der Waals surface area (Å²) >= 11 is 0. The molecule has 0 aromatic heterocycles. The maximum absolute atomic E-state index is 10.5. The highest BCUT2D eigenvalue weighted by molar-refractivity contribution is 5.45. The molecule has 0 radical (unpaired) electrons. The normalized spacial score (nSPS) is 14.9. The number of hydrogen-bond acceptors (Lipinski definition) is 4. The minimum Gasteiger partial charge on any atom is -0.375 e. The van der Waals surface area contributed by atoms with E-state index in [4.69, 9.17) is 4.74 Å².